The SMILES string of the molecule is Cc1n[nH]c(C)c1-c1ccccc1C(C)C. The van der Waals surface area contributed by atoms with Crippen molar-refractivity contribution in [2.45, 2.75) is 33.6 Å². The Morgan fingerprint density at radius 3 is 2.38 bits per heavy atom. The van der Waals surface area contributed by atoms with Gasteiger partial charge < -0.3 is 0 Å². The summed E-state index contributed by atoms with van der Waals surface area (Å²) >= 11 is 0. The Morgan fingerprint density at radius 2 is 1.81 bits per heavy atom. The van der Waals surface area contributed by atoms with Crippen LogP contribution in [0.15, 0.2) is 24.3 Å². The van der Waals surface area contributed by atoms with Crippen LogP contribution in [0.25, 0.3) is 11.1 Å². The van der Waals surface area contributed by atoms with Crippen molar-refractivity contribution in [3.63, 3.8) is 0 Å². The van der Waals surface area contributed by atoms with Gasteiger partial charge in [0, 0.05) is 11.3 Å². The molecule has 2 rings (SSSR count). The average Bonchev–Trinajstić information content (AvgIpc) is 2.58. The van der Waals surface area contributed by atoms with Gasteiger partial charge in [-0.15, -0.1) is 0 Å². The van der Waals surface area contributed by atoms with Crippen molar-refractivity contribution in [1.29, 1.82) is 0 Å². The van der Waals surface area contributed by atoms with Crippen molar-refractivity contribution in [2.75, 3.05) is 0 Å². The summed E-state index contributed by atoms with van der Waals surface area (Å²) in [5.74, 6) is 0.532. The first kappa shape index (κ1) is 10.9. The van der Waals surface area contributed by atoms with Gasteiger partial charge in [0.25, 0.3) is 0 Å². The third kappa shape index (κ3) is 1.75. The Balaban J connectivity index is 2.64. The lowest BCUT2D eigenvalue weighted by molar-refractivity contribution is 0.868. The quantitative estimate of drug-likeness (QED) is 0.809. The Hall–Kier alpha value is -1.57. The van der Waals surface area contributed by atoms with Gasteiger partial charge in [0.1, 0.15) is 0 Å². The molecule has 1 aromatic carbocycles. The lowest BCUT2D eigenvalue weighted by Gasteiger charge is -2.12. The van der Waals surface area contributed by atoms with Gasteiger partial charge in [0.15, 0.2) is 0 Å². The van der Waals surface area contributed by atoms with E-state index in [9.17, 15) is 0 Å². The largest absolute Gasteiger partial charge is 0.282 e. The van der Waals surface area contributed by atoms with Crippen LogP contribution >= 0.6 is 0 Å². The number of H-pyrrole nitrogens is 1. The lowest BCUT2D eigenvalue weighted by atomic mass is 9.92. The van der Waals surface area contributed by atoms with Crippen LogP contribution in [0, 0.1) is 13.8 Å². The molecule has 0 amide bonds. The lowest BCUT2D eigenvalue weighted by Crippen LogP contribution is -1.93. The molecule has 1 N–H and O–H groups in total. The molecule has 2 nitrogen and oxygen atoms in total. The number of hydrogen-bond acceptors (Lipinski definition) is 1. The topological polar surface area (TPSA) is 28.7 Å². The minimum atomic E-state index is 0.532. The number of aromatic nitrogens is 2. The van der Waals surface area contributed by atoms with E-state index in [1.54, 1.807) is 0 Å². The van der Waals surface area contributed by atoms with E-state index in [4.69, 9.17) is 0 Å². The predicted octanol–water partition coefficient (Wildman–Crippen LogP) is 3.82. The fraction of sp³-hybridized carbons (Fsp3) is 0.357. The van der Waals surface area contributed by atoms with Crippen LogP contribution in [0.2, 0.25) is 0 Å². The van der Waals surface area contributed by atoms with Crippen molar-refractivity contribution in [3.8, 4) is 11.1 Å². The summed E-state index contributed by atoms with van der Waals surface area (Å²) < 4.78 is 0. The minimum absolute atomic E-state index is 0.532. The Kier molecular flexibility index (Phi) is 2.82. The molecule has 1 aromatic heterocycles. The number of aryl methyl sites for hydroxylation is 2. The third-order valence-electron chi connectivity index (χ3n) is 2.98. The Bertz CT molecular complexity index is 476. The molecule has 0 saturated heterocycles. The molecule has 16 heavy (non-hydrogen) atoms. The zero-order valence-corrected chi connectivity index (χ0v) is 10.3. The van der Waals surface area contributed by atoms with Gasteiger partial charge in [0.2, 0.25) is 0 Å². The molecule has 0 aliphatic rings. The molecule has 2 aromatic rings. The van der Waals surface area contributed by atoms with E-state index in [0.717, 1.165) is 11.4 Å². The number of nitrogens with one attached hydrogen (secondary N) is 1. The predicted molar refractivity (Wildman–Crippen MR) is 67.6 cm³/mol. The van der Waals surface area contributed by atoms with E-state index in [0.29, 0.717) is 5.92 Å². The van der Waals surface area contributed by atoms with Crippen LogP contribution < -0.4 is 0 Å². The molecule has 2 heteroatoms. The van der Waals surface area contributed by atoms with Crippen molar-refractivity contribution >= 4 is 0 Å². The molecular formula is C14H18N2. The van der Waals surface area contributed by atoms with E-state index in [2.05, 4.69) is 62.2 Å². The van der Waals surface area contributed by atoms with Crippen LogP contribution in [-0.4, -0.2) is 10.2 Å². The van der Waals surface area contributed by atoms with Crippen molar-refractivity contribution in [2.24, 2.45) is 0 Å². The van der Waals surface area contributed by atoms with E-state index in [-0.39, 0.29) is 0 Å². The molecule has 0 bridgehead atoms. The maximum Gasteiger partial charge on any atom is 0.0672 e. The van der Waals surface area contributed by atoms with E-state index < -0.39 is 0 Å². The monoisotopic (exact) mass is 214 g/mol. The summed E-state index contributed by atoms with van der Waals surface area (Å²) in [6, 6.07) is 8.57. The van der Waals surface area contributed by atoms with E-state index in [1.807, 2.05) is 0 Å². The maximum atomic E-state index is 4.27. The number of hydrogen-bond donors (Lipinski definition) is 1. The van der Waals surface area contributed by atoms with Gasteiger partial charge in [0.05, 0.1) is 5.69 Å². The van der Waals surface area contributed by atoms with Crippen LogP contribution in [0.5, 0.6) is 0 Å². The van der Waals surface area contributed by atoms with E-state index in [1.165, 1.54) is 16.7 Å². The second-order valence-corrected chi connectivity index (χ2v) is 4.55. The number of aromatic amines is 1. The fourth-order valence-electron chi connectivity index (χ4n) is 2.18. The highest BCUT2D eigenvalue weighted by molar-refractivity contribution is 5.72. The molecule has 0 aliphatic carbocycles. The first-order valence-corrected chi connectivity index (χ1v) is 5.72. The standard InChI is InChI=1S/C14H18N2/c1-9(2)12-7-5-6-8-13(12)14-10(3)15-16-11(14)4/h5-9H,1-4H3,(H,15,16). The molecule has 84 valence electrons. The van der Waals surface area contributed by atoms with Crippen LogP contribution in [0.1, 0.15) is 36.7 Å². The summed E-state index contributed by atoms with van der Waals surface area (Å²) in [5, 5.41) is 7.32. The van der Waals surface area contributed by atoms with Crippen LogP contribution in [-0.2, 0) is 0 Å². The smallest absolute Gasteiger partial charge is 0.0672 e. The fourth-order valence-corrected chi connectivity index (χ4v) is 2.18. The molecule has 0 atom stereocenters. The molecule has 0 unspecified atom stereocenters. The van der Waals surface area contributed by atoms with Gasteiger partial charge >= 0.3 is 0 Å². The molecule has 0 aliphatic heterocycles. The molecular weight excluding hydrogens is 196 g/mol. The van der Waals surface area contributed by atoms with Crippen molar-refractivity contribution in [3.05, 3.63) is 41.2 Å². The van der Waals surface area contributed by atoms with Gasteiger partial charge in [-0.1, -0.05) is 38.1 Å². The molecule has 0 saturated carbocycles. The highest BCUT2D eigenvalue weighted by Gasteiger charge is 2.13. The first-order valence-electron chi connectivity index (χ1n) is 5.72. The Morgan fingerprint density at radius 1 is 1.12 bits per heavy atom. The summed E-state index contributed by atoms with van der Waals surface area (Å²) in [6.07, 6.45) is 0. The highest BCUT2D eigenvalue weighted by Crippen LogP contribution is 2.32. The van der Waals surface area contributed by atoms with Crippen molar-refractivity contribution in [1.82, 2.24) is 10.2 Å². The van der Waals surface area contributed by atoms with Crippen LogP contribution in [0.3, 0.4) is 0 Å². The third-order valence-corrected chi connectivity index (χ3v) is 2.98. The zero-order valence-electron chi connectivity index (χ0n) is 10.3. The molecule has 1 heterocycles. The summed E-state index contributed by atoms with van der Waals surface area (Å²) in [4.78, 5) is 0. The highest BCUT2D eigenvalue weighted by atomic mass is 15.1. The van der Waals surface area contributed by atoms with Gasteiger partial charge in [-0.2, -0.15) is 5.10 Å². The normalized spacial score (nSPS) is 11.1. The van der Waals surface area contributed by atoms with Gasteiger partial charge in [-0.25, -0.2) is 0 Å². The molecule has 0 radical (unpaired) electrons. The van der Waals surface area contributed by atoms with Gasteiger partial charge in [-0.3, -0.25) is 5.10 Å². The second-order valence-electron chi connectivity index (χ2n) is 4.55. The summed E-state index contributed by atoms with van der Waals surface area (Å²) in [7, 11) is 0. The molecule has 0 fully saturated rings. The summed E-state index contributed by atoms with van der Waals surface area (Å²) in [5.41, 5.74) is 6.16. The maximum absolute atomic E-state index is 4.27. The van der Waals surface area contributed by atoms with Crippen molar-refractivity contribution < 1.29 is 0 Å². The molecule has 0 spiro atoms. The van der Waals surface area contributed by atoms with Crippen LogP contribution in [0.4, 0.5) is 0 Å². The number of benzene rings is 1. The number of rotatable bonds is 2. The van der Waals surface area contributed by atoms with Gasteiger partial charge in [-0.05, 0) is 30.9 Å². The van der Waals surface area contributed by atoms with E-state index >= 15 is 0 Å². The average molecular weight is 214 g/mol. The number of nitrogens with zero attached hydrogens (tertiary/aromatic N) is 1. The summed E-state index contributed by atoms with van der Waals surface area (Å²) in [6.45, 7) is 8.58. The first-order chi connectivity index (χ1) is 7.61. The second kappa shape index (κ2) is 4.12. The Labute approximate surface area is 96.7 Å². The zero-order chi connectivity index (χ0) is 11.7. The minimum Gasteiger partial charge on any atom is -0.282 e.